The smallest absolute Gasteiger partial charge is 0.340 e. The monoisotopic (exact) mass is 473 g/mol. The lowest BCUT2D eigenvalue weighted by atomic mass is 10.1. The standard InChI is InChI=1S/C24H21ClFNO6/c1-30-21-13-18(24(29)33-12-11-32-16-9-7-15(26)8-10-16)20(14-22(21)31-2)27-23(28)17-5-3-4-6-19(17)25/h3-10,13-14H,11-12H2,1-2H3,(H,27,28). The fourth-order valence-corrected chi connectivity index (χ4v) is 3.11. The third-order valence-electron chi connectivity index (χ3n) is 4.51. The van der Waals surface area contributed by atoms with Crippen molar-refractivity contribution >= 4 is 29.2 Å². The van der Waals surface area contributed by atoms with Crippen LogP contribution < -0.4 is 19.5 Å². The molecule has 1 N–H and O–H groups in total. The Morgan fingerprint density at radius 3 is 2.24 bits per heavy atom. The molecule has 0 aliphatic rings. The van der Waals surface area contributed by atoms with Crippen LogP contribution in [0.3, 0.4) is 0 Å². The molecule has 7 nitrogen and oxygen atoms in total. The molecule has 1 amide bonds. The fourth-order valence-electron chi connectivity index (χ4n) is 2.89. The molecule has 0 aliphatic heterocycles. The number of rotatable bonds is 9. The first-order valence-electron chi connectivity index (χ1n) is 9.80. The summed E-state index contributed by atoms with van der Waals surface area (Å²) in [6.45, 7) is -0.0333. The van der Waals surface area contributed by atoms with Crippen LogP contribution in [-0.4, -0.2) is 39.3 Å². The Kier molecular flexibility index (Phi) is 8.10. The second-order valence-electron chi connectivity index (χ2n) is 6.63. The van der Waals surface area contributed by atoms with E-state index in [2.05, 4.69) is 5.32 Å². The van der Waals surface area contributed by atoms with Crippen molar-refractivity contribution in [1.82, 2.24) is 0 Å². The van der Waals surface area contributed by atoms with Crippen LogP contribution in [0.1, 0.15) is 20.7 Å². The van der Waals surface area contributed by atoms with Crippen LogP contribution in [-0.2, 0) is 4.74 Å². The lowest BCUT2D eigenvalue weighted by Gasteiger charge is -2.16. The van der Waals surface area contributed by atoms with Gasteiger partial charge in [-0.1, -0.05) is 23.7 Å². The molecular weight excluding hydrogens is 453 g/mol. The van der Waals surface area contributed by atoms with Crippen molar-refractivity contribution in [2.45, 2.75) is 0 Å². The van der Waals surface area contributed by atoms with Gasteiger partial charge in [0.05, 0.1) is 36.1 Å². The molecule has 0 spiro atoms. The van der Waals surface area contributed by atoms with Crippen LogP contribution in [0.15, 0.2) is 60.7 Å². The molecule has 0 aliphatic carbocycles. The summed E-state index contributed by atoms with van der Waals surface area (Å²) in [6.07, 6.45) is 0. The van der Waals surface area contributed by atoms with E-state index in [1.807, 2.05) is 0 Å². The molecule has 0 saturated heterocycles. The van der Waals surface area contributed by atoms with E-state index in [4.69, 9.17) is 30.5 Å². The summed E-state index contributed by atoms with van der Waals surface area (Å²) in [5.41, 5.74) is 0.442. The summed E-state index contributed by atoms with van der Waals surface area (Å²) in [7, 11) is 2.85. The molecule has 9 heteroatoms. The van der Waals surface area contributed by atoms with Crippen LogP contribution in [0.5, 0.6) is 17.2 Å². The number of methoxy groups -OCH3 is 2. The maximum Gasteiger partial charge on any atom is 0.340 e. The number of ether oxygens (including phenoxy) is 4. The molecule has 3 aromatic rings. The minimum atomic E-state index is -0.715. The third-order valence-corrected chi connectivity index (χ3v) is 4.84. The molecule has 3 aromatic carbocycles. The van der Waals surface area contributed by atoms with Gasteiger partial charge in [0.25, 0.3) is 5.91 Å². The number of esters is 1. The predicted octanol–water partition coefficient (Wildman–Crippen LogP) is 4.98. The van der Waals surface area contributed by atoms with Crippen molar-refractivity contribution in [3.8, 4) is 17.2 Å². The van der Waals surface area contributed by atoms with Crippen LogP contribution >= 0.6 is 11.6 Å². The maximum absolute atomic E-state index is 13.0. The van der Waals surface area contributed by atoms with Crippen molar-refractivity contribution < 1.29 is 32.9 Å². The van der Waals surface area contributed by atoms with Gasteiger partial charge in [-0.25, -0.2) is 9.18 Å². The molecule has 0 radical (unpaired) electrons. The zero-order valence-electron chi connectivity index (χ0n) is 17.9. The van der Waals surface area contributed by atoms with Gasteiger partial charge in [-0.05, 0) is 36.4 Å². The van der Waals surface area contributed by atoms with E-state index >= 15 is 0 Å². The quantitative estimate of drug-likeness (QED) is 0.348. The van der Waals surface area contributed by atoms with Gasteiger partial charge >= 0.3 is 5.97 Å². The minimum Gasteiger partial charge on any atom is -0.493 e. The van der Waals surface area contributed by atoms with Crippen molar-refractivity contribution in [2.24, 2.45) is 0 Å². The van der Waals surface area contributed by atoms with Gasteiger partial charge in [-0.15, -0.1) is 0 Å². The highest BCUT2D eigenvalue weighted by atomic mass is 35.5. The zero-order valence-corrected chi connectivity index (χ0v) is 18.6. The average molecular weight is 474 g/mol. The molecule has 0 atom stereocenters. The minimum absolute atomic E-state index is 0.0476. The summed E-state index contributed by atoms with van der Waals surface area (Å²) in [5, 5.41) is 2.93. The highest BCUT2D eigenvalue weighted by Crippen LogP contribution is 2.34. The molecule has 0 unspecified atom stereocenters. The molecule has 0 aromatic heterocycles. The molecule has 0 heterocycles. The van der Waals surface area contributed by atoms with E-state index in [1.54, 1.807) is 24.3 Å². The molecule has 172 valence electrons. The molecule has 33 heavy (non-hydrogen) atoms. The number of benzene rings is 3. The Bertz CT molecular complexity index is 1140. The average Bonchev–Trinajstić information content (AvgIpc) is 2.82. The number of nitrogens with one attached hydrogen (secondary N) is 1. The summed E-state index contributed by atoms with van der Waals surface area (Å²) >= 11 is 6.11. The Balaban J connectivity index is 1.75. The first-order valence-corrected chi connectivity index (χ1v) is 10.2. The van der Waals surface area contributed by atoms with E-state index in [0.717, 1.165) is 0 Å². The number of hydrogen-bond acceptors (Lipinski definition) is 6. The van der Waals surface area contributed by atoms with E-state index in [0.29, 0.717) is 11.5 Å². The lowest BCUT2D eigenvalue weighted by molar-refractivity contribution is 0.0451. The number of carbonyl (C=O) groups is 2. The van der Waals surface area contributed by atoms with Crippen LogP contribution in [0.4, 0.5) is 10.1 Å². The Labute approximate surface area is 195 Å². The van der Waals surface area contributed by atoms with Gasteiger partial charge in [0, 0.05) is 12.1 Å². The first-order chi connectivity index (χ1) is 15.9. The normalized spacial score (nSPS) is 10.3. The van der Waals surface area contributed by atoms with Gasteiger partial charge in [0.15, 0.2) is 11.5 Å². The highest BCUT2D eigenvalue weighted by molar-refractivity contribution is 6.34. The molecule has 0 saturated carbocycles. The van der Waals surface area contributed by atoms with Crippen molar-refractivity contribution in [2.75, 3.05) is 32.8 Å². The molecule has 0 bridgehead atoms. The Morgan fingerprint density at radius 1 is 0.909 bits per heavy atom. The van der Waals surface area contributed by atoms with Crippen molar-refractivity contribution in [1.29, 1.82) is 0 Å². The number of carbonyl (C=O) groups excluding carboxylic acids is 2. The van der Waals surface area contributed by atoms with Crippen molar-refractivity contribution in [3.05, 3.63) is 82.6 Å². The number of halogens is 2. The van der Waals surface area contributed by atoms with E-state index in [9.17, 15) is 14.0 Å². The molecular formula is C24H21ClFNO6. The highest BCUT2D eigenvalue weighted by Gasteiger charge is 2.21. The van der Waals surface area contributed by atoms with Gasteiger partial charge in [0.2, 0.25) is 0 Å². The largest absolute Gasteiger partial charge is 0.493 e. The van der Waals surface area contributed by atoms with E-state index < -0.39 is 11.9 Å². The van der Waals surface area contributed by atoms with Gasteiger partial charge in [-0.2, -0.15) is 0 Å². The lowest BCUT2D eigenvalue weighted by Crippen LogP contribution is -2.18. The molecule has 3 rings (SSSR count). The second-order valence-corrected chi connectivity index (χ2v) is 7.03. The van der Waals surface area contributed by atoms with Crippen LogP contribution in [0.25, 0.3) is 0 Å². The Hall–Kier alpha value is -3.78. The van der Waals surface area contributed by atoms with Crippen LogP contribution in [0.2, 0.25) is 5.02 Å². The first kappa shape index (κ1) is 23.9. The van der Waals surface area contributed by atoms with E-state index in [-0.39, 0.29) is 46.6 Å². The van der Waals surface area contributed by atoms with Gasteiger partial charge in [0.1, 0.15) is 24.8 Å². The summed E-state index contributed by atoms with van der Waals surface area (Å²) < 4.78 is 34.2. The second kappa shape index (κ2) is 11.2. The summed E-state index contributed by atoms with van der Waals surface area (Å²) in [4.78, 5) is 25.5. The SMILES string of the molecule is COc1cc(NC(=O)c2ccccc2Cl)c(C(=O)OCCOc2ccc(F)cc2)cc1OC. The van der Waals surface area contributed by atoms with Gasteiger partial charge in [-0.3, -0.25) is 4.79 Å². The predicted molar refractivity (Wildman–Crippen MR) is 121 cm³/mol. The van der Waals surface area contributed by atoms with Crippen LogP contribution in [0, 0.1) is 5.82 Å². The van der Waals surface area contributed by atoms with E-state index in [1.165, 1.54) is 50.6 Å². The summed E-state index contributed by atoms with van der Waals surface area (Å²) in [5.74, 6) is -0.583. The zero-order chi connectivity index (χ0) is 23.8. The number of anilines is 1. The van der Waals surface area contributed by atoms with Gasteiger partial charge < -0.3 is 24.3 Å². The Morgan fingerprint density at radius 2 is 1.58 bits per heavy atom. The number of hydrogen-bond donors (Lipinski definition) is 1. The third kappa shape index (κ3) is 6.14. The maximum atomic E-state index is 13.0. The molecule has 0 fully saturated rings. The number of amides is 1. The van der Waals surface area contributed by atoms with Crippen molar-refractivity contribution in [3.63, 3.8) is 0 Å². The summed E-state index contributed by atoms with van der Waals surface area (Å²) in [6, 6.07) is 14.8. The topological polar surface area (TPSA) is 83.1 Å². The fraction of sp³-hybridized carbons (Fsp3) is 0.167.